The molecule has 0 unspecified atom stereocenters. The van der Waals surface area contributed by atoms with Gasteiger partial charge in [0.2, 0.25) is 0 Å². The van der Waals surface area contributed by atoms with E-state index in [4.69, 9.17) is 4.42 Å². The van der Waals surface area contributed by atoms with Gasteiger partial charge in [-0.25, -0.2) is 4.98 Å². The lowest BCUT2D eigenvalue weighted by Gasteiger charge is -2.08. The molecule has 5 nitrogen and oxygen atoms in total. The Labute approximate surface area is 140 Å². The number of benzene rings is 1. The van der Waals surface area contributed by atoms with E-state index in [0.29, 0.717) is 0 Å². The summed E-state index contributed by atoms with van der Waals surface area (Å²) in [6, 6.07) is 12.1. The van der Waals surface area contributed by atoms with E-state index in [1.165, 1.54) is 11.3 Å². The van der Waals surface area contributed by atoms with E-state index in [0.717, 1.165) is 29.3 Å². The van der Waals surface area contributed by atoms with Crippen LogP contribution in [0.4, 0.5) is 0 Å². The minimum absolute atomic E-state index is 0.759. The van der Waals surface area contributed by atoms with Crippen molar-refractivity contribution in [2.45, 2.75) is 13.5 Å². The summed E-state index contributed by atoms with van der Waals surface area (Å²) < 4.78 is 9.48. The molecule has 0 aliphatic carbocycles. The first-order valence-electron chi connectivity index (χ1n) is 7.85. The molecule has 0 saturated carbocycles. The largest absolute Gasteiger partial charge is 0.464 e. The summed E-state index contributed by atoms with van der Waals surface area (Å²) in [5.41, 5.74) is 4.51. The van der Waals surface area contributed by atoms with Crippen LogP contribution in [-0.2, 0) is 13.6 Å². The van der Waals surface area contributed by atoms with Gasteiger partial charge in [0.1, 0.15) is 11.6 Å². The van der Waals surface area contributed by atoms with Gasteiger partial charge >= 0.3 is 0 Å². The maximum Gasteiger partial charge on any atom is 0.140 e. The number of furan rings is 1. The molecule has 0 aliphatic heterocycles. The second-order valence-corrected chi connectivity index (χ2v) is 5.81. The molecule has 4 aromatic rings. The summed E-state index contributed by atoms with van der Waals surface area (Å²) in [7, 11) is 1.96. The molecule has 3 heterocycles. The molecule has 3 aromatic heterocycles. The molecule has 120 valence electrons. The lowest BCUT2D eigenvalue weighted by atomic mass is 10.1. The van der Waals surface area contributed by atoms with Crippen LogP contribution in [0.5, 0.6) is 0 Å². The van der Waals surface area contributed by atoms with Gasteiger partial charge in [-0.1, -0.05) is 24.3 Å². The van der Waals surface area contributed by atoms with E-state index in [2.05, 4.69) is 45.8 Å². The van der Waals surface area contributed by atoms with Crippen molar-refractivity contribution in [2.24, 2.45) is 7.05 Å². The molecule has 0 radical (unpaired) electrons. The molecule has 0 amide bonds. The second-order valence-electron chi connectivity index (χ2n) is 5.81. The van der Waals surface area contributed by atoms with E-state index in [-0.39, 0.29) is 0 Å². The van der Waals surface area contributed by atoms with Crippen LogP contribution in [0.3, 0.4) is 0 Å². The van der Waals surface area contributed by atoms with Crippen molar-refractivity contribution in [3.05, 3.63) is 72.5 Å². The topological polar surface area (TPSA) is 48.8 Å². The number of nitrogens with zero attached hydrogens (tertiary/aromatic N) is 4. The molecular formula is C19H18N4O. The maximum atomic E-state index is 5.44. The van der Waals surface area contributed by atoms with Gasteiger partial charge in [0, 0.05) is 41.8 Å². The monoisotopic (exact) mass is 318 g/mol. The zero-order valence-corrected chi connectivity index (χ0v) is 13.7. The molecule has 5 heteroatoms. The van der Waals surface area contributed by atoms with Gasteiger partial charge in [0.05, 0.1) is 19.0 Å². The van der Waals surface area contributed by atoms with Gasteiger partial charge in [0.25, 0.3) is 0 Å². The van der Waals surface area contributed by atoms with Crippen LogP contribution in [0.2, 0.25) is 0 Å². The van der Waals surface area contributed by atoms with Gasteiger partial charge < -0.3 is 8.98 Å². The average Bonchev–Trinajstić information content (AvgIpc) is 3.34. The van der Waals surface area contributed by atoms with Crippen molar-refractivity contribution >= 4 is 0 Å². The van der Waals surface area contributed by atoms with Crippen LogP contribution < -0.4 is 0 Å². The van der Waals surface area contributed by atoms with Crippen LogP contribution in [-0.4, -0.2) is 19.3 Å². The molecule has 24 heavy (non-hydrogen) atoms. The number of imidazole rings is 1. The number of aryl methyl sites for hydroxylation is 1. The fraction of sp³-hybridized carbons (Fsp3) is 0.158. The lowest BCUT2D eigenvalue weighted by molar-refractivity contribution is 0.582. The van der Waals surface area contributed by atoms with Crippen molar-refractivity contribution in [3.63, 3.8) is 0 Å². The van der Waals surface area contributed by atoms with E-state index in [9.17, 15) is 0 Å². The number of rotatable bonds is 4. The molecule has 0 N–H and O–H groups in total. The van der Waals surface area contributed by atoms with Crippen molar-refractivity contribution in [1.29, 1.82) is 0 Å². The Morgan fingerprint density at radius 1 is 1.08 bits per heavy atom. The first-order valence-corrected chi connectivity index (χ1v) is 7.85. The SMILES string of the molecule is Cc1c(Cn2ccnc2-c2ccc(-c3ccco3)cc2)cnn1C. The Morgan fingerprint density at radius 3 is 2.54 bits per heavy atom. The Bertz CT molecular complexity index is 946. The maximum absolute atomic E-state index is 5.44. The number of aromatic nitrogens is 4. The molecule has 4 rings (SSSR count). The fourth-order valence-corrected chi connectivity index (χ4v) is 2.81. The average molecular weight is 318 g/mol. The molecule has 0 atom stereocenters. The summed E-state index contributed by atoms with van der Waals surface area (Å²) in [5, 5.41) is 4.31. The molecule has 0 bridgehead atoms. The quantitative estimate of drug-likeness (QED) is 0.573. The summed E-state index contributed by atoms with van der Waals surface area (Å²) in [6.07, 6.45) is 7.44. The zero-order valence-electron chi connectivity index (χ0n) is 13.7. The molecular weight excluding hydrogens is 300 g/mol. The third-order valence-corrected chi connectivity index (χ3v) is 4.34. The van der Waals surface area contributed by atoms with Crippen LogP contribution in [0.25, 0.3) is 22.7 Å². The third kappa shape index (κ3) is 2.54. The highest BCUT2D eigenvalue weighted by Crippen LogP contribution is 2.25. The van der Waals surface area contributed by atoms with E-state index >= 15 is 0 Å². The number of hydrogen-bond acceptors (Lipinski definition) is 3. The zero-order chi connectivity index (χ0) is 16.5. The van der Waals surface area contributed by atoms with Gasteiger partial charge in [-0.3, -0.25) is 4.68 Å². The molecule has 1 aromatic carbocycles. The van der Waals surface area contributed by atoms with E-state index < -0.39 is 0 Å². The van der Waals surface area contributed by atoms with E-state index in [1.54, 1.807) is 6.26 Å². The van der Waals surface area contributed by atoms with Gasteiger partial charge in [0.15, 0.2) is 0 Å². The summed E-state index contributed by atoms with van der Waals surface area (Å²) >= 11 is 0. The Hall–Kier alpha value is -3.08. The van der Waals surface area contributed by atoms with E-state index in [1.807, 2.05) is 42.5 Å². The smallest absolute Gasteiger partial charge is 0.140 e. The standard InChI is InChI=1S/C19H18N4O/c1-14-17(12-21-22(14)2)13-23-10-9-20-19(23)16-7-5-15(6-8-16)18-4-3-11-24-18/h3-12H,13H2,1-2H3. The van der Waals surface area contributed by atoms with Crippen molar-refractivity contribution < 1.29 is 4.42 Å². The molecule has 0 fully saturated rings. The van der Waals surface area contributed by atoms with Crippen LogP contribution in [0.15, 0.2) is 65.7 Å². The van der Waals surface area contributed by atoms with Gasteiger partial charge in [-0.05, 0) is 19.1 Å². The van der Waals surface area contributed by atoms with Crippen molar-refractivity contribution in [3.8, 4) is 22.7 Å². The number of hydrogen-bond donors (Lipinski definition) is 0. The second kappa shape index (κ2) is 5.85. The fourth-order valence-electron chi connectivity index (χ4n) is 2.81. The molecule has 0 spiro atoms. The highest BCUT2D eigenvalue weighted by Gasteiger charge is 2.10. The summed E-state index contributed by atoms with van der Waals surface area (Å²) in [4.78, 5) is 4.52. The van der Waals surface area contributed by atoms with Gasteiger partial charge in [-0.15, -0.1) is 0 Å². The van der Waals surface area contributed by atoms with Crippen molar-refractivity contribution in [1.82, 2.24) is 19.3 Å². The van der Waals surface area contributed by atoms with Crippen LogP contribution in [0, 0.1) is 6.92 Å². The highest BCUT2D eigenvalue weighted by atomic mass is 16.3. The Kier molecular flexibility index (Phi) is 3.54. The third-order valence-electron chi connectivity index (χ3n) is 4.34. The summed E-state index contributed by atoms with van der Waals surface area (Å²) in [5.74, 6) is 1.82. The first kappa shape index (κ1) is 14.5. The highest BCUT2D eigenvalue weighted by molar-refractivity contribution is 5.64. The van der Waals surface area contributed by atoms with Crippen LogP contribution >= 0.6 is 0 Å². The lowest BCUT2D eigenvalue weighted by Crippen LogP contribution is -2.02. The minimum Gasteiger partial charge on any atom is -0.464 e. The predicted octanol–water partition coefficient (Wildman–Crippen LogP) is 3.90. The Balaban J connectivity index is 1.63. The van der Waals surface area contributed by atoms with Crippen LogP contribution in [0.1, 0.15) is 11.3 Å². The molecule has 0 aliphatic rings. The van der Waals surface area contributed by atoms with Gasteiger partial charge in [-0.2, -0.15) is 5.10 Å². The predicted molar refractivity (Wildman–Crippen MR) is 92.4 cm³/mol. The minimum atomic E-state index is 0.759. The first-order chi connectivity index (χ1) is 11.7. The van der Waals surface area contributed by atoms with Crippen molar-refractivity contribution in [2.75, 3.05) is 0 Å². The Morgan fingerprint density at radius 2 is 1.88 bits per heavy atom. The normalized spacial score (nSPS) is 11.1. The summed E-state index contributed by atoms with van der Waals surface area (Å²) in [6.45, 7) is 2.84. The molecule has 0 saturated heterocycles.